The number of imidazole rings is 1. The van der Waals surface area contributed by atoms with Gasteiger partial charge in [0.25, 0.3) is 0 Å². The molecule has 0 aliphatic rings. The largest absolute Gasteiger partial charge is 0.461 e. The minimum atomic E-state index is -0.418. The Morgan fingerprint density at radius 2 is 2.38 bits per heavy atom. The van der Waals surface area contributed by atoms with Crippen LogP contribution in [0.5, 0.6) is 0 Å². The number of hydrogen-bond acceptors (Lipinski definition) is 3. The third kappa shape index (κ3) is 2.15. The molecule has 0 radical (unpaired) electrons. The van der Waals surface area contributed by atoms with Gasteiger partial charge in [0.15, 0.2) is 11.3 Å². The Labute approximate surface area is 111 Å². The SMILES string of the molecule is CCOC(=O)c1cn2cc(Cl)cc(I)c2n1. The van der Waals surface area contributed by atoms with Crippen molar-refractivity contribution in [3.05, 3.63) is 32.7 Å². The van der Waals surface area contributed by atoms with Crippen molar-refractivity contribution in [2.75, 3.05) is 6.61 Å². The van der Waals surface area contributed by atoms with Crippen LogP contribution in [0.1, 0.15) is 17.4 Å². The van der Waals surface area contributed by atoms with Crippen LogP contribution in [0, 0.1) is 3.57 Å². The van der Waals surface area contributed by atoms with E-state index in [9.17, 15) is 4.79 Å². The number of pyridine rings is 1. The van der Waals surface area contributed by atoms with E-state index in [0.717, 1.165) is 3.57 Å². The first-order chi connectivity index (χ1) is 7.61. The zero-order chi connectivity index (χ0) is 11.7. The molecule has 0 aliphatic carbocycles. The zero-order valence-corrected chi connectivity index (χ0v) is 11.3. The monoisotopic (exact) mass is 350 g/mol. The summed E-state index contributed by atoms with van der Waals surface area (Å²) in [6.07, 6.45) is 3.32. The molecule has 6 heteroatoms. The van der Waals surface area contributed by atoms with E-state index >= 15 is 0 Å². The Morgan fingerprint density at radius 3 is 3.06 bits per heavy atom. The highest BCUT2D eigenvalue weighted by Gasteiger charge is 2.13. The van der Waals surface area contributed by atoms with Gasteiger partial charge in [-0.15, -0.1) is 0 Å². The van der Waals surface area contributed by atoms with Crippen LogP contribution in [-0.4, -0.2) is 22.0 Å². The normalized spacial score (nSPS) is 10.7. The second kappa shape index (κ2) is 4.58. The van der Waals surface area contributed by atoms with E-state index in [1.54, 1.807) is 29.8 Å². The van der Waals surface area contributed by atoms with Crippen molar-refractivity contribution in [1.82, 2.24) is 9.38 Å². The molecule has 0 saturated heterocycles. The van der Waals surface area contributed by atoms with Gasteiger partial charge in [0.1, 0.15) is 0 Å². The summed E-state index contributed by atoms with van der Waals surface area (Å²) in [5, 5.41) is 0.602. The van der Waals surface area contributed by atoms with Crippen molar-refractivity contribution in [1.29, 1.82) is 0 Å². The fourth-order valence-electron chi connectivity index (χ4n) is 1.33. The molecule has 0 amide bonds. The number of ether oxygens (including phenoxy) is 1. The van der Waals surface area contributed by atoms with E-state index in [2.05, 4.69) is 27.6 Å². The van der Waals surface area contributed by atoms with Crippen molar-refractivity contribution in [2.45, 2.75) is 6.92 Å². The summed E-state index contributed by atoms with van der Waals surface area (Å²) >= 11 is 8.03. The van der Waals surface area contributed by atoms with Gasteiger partial charge in [-0.2, -0.15) is 0 Å². The summed E-state index contributed by atoms with van der Waals surface area (Å²) < 4.78 is 7.49. The lowest BCUT2D eigenvalue weighted by Crippen LogP contribution is -2.04. The molecule has 2 aromatic heterocycles. The number of esters is 1. The highest BCUT2D eigenvalue weighted by molar-refractivity contribution is 14.1. The average molecular weight is 351 g/mol. The van der Waals surface area contributed by atoms with Crippen LogP contribution in [0.3, 0.4) is 0 Å². The Hall–Kier alpha value is -0.820. The fraction of sp³-hybridized carbons (Fsp3) is 0.200. The average Bonchev–Trinajstić information content (AvgIpc) is 2.62. The number of rotatable bonds is 2. The minimum absolute atomic E-state index is 0.294. The van der Waals surface area contributed by atoms with Gasteiger partial charge in [-0.25, -0.2) is 9.78 Å². The highest BCUT2D eigenvalue weighted by Crippen LogP contribution is 2.19. The second-order valence-electron chi connectivity index (χ2n) is 3.08. The number of carbonyl (C=O) groups is 1. The quantitative estimate of drug-likeness (QED) is 0.618. The van der Waals surface area contributed by atoms with Crippen LogP contribution in [0.2, 0.25) is 5.02 Å². The maximum absolute atomic E-state index is 11.5. The van der Waals surface area contributed by atoms with E-state index in [4.69, 9.17) is 16.3 Å². The summed E-state index contributed by atoms with van der Waals surface area (Å²) in [6.45, 7) is 2.10. The van der Waals surface area contributed by atoms with Crippen LogP contribution >= 0.6 is 34.2 Å². The summed E-state index contributed by atoms with van der Waals surface area (Å²) in [5.74, 6) is -0.418. The zero-order valence-electron chi connectivity index (χ0n) is 8.41. The van der Waals surface area contributed by atoms with Crippen LogP contribution in [0.15, 0.2) is 18.5 Å². The minimum Gasteiger partial charge on any atom is -0.461 e. The van der Waals surface area contributed by atoms with Gasteiger partial charge in [0, 0.05) is 12.4 Å². The molecule has 2 heterocycles. The Morgan fingerprint density at radius 1 is 1.62 bits per heavy atom. The molecule has 0 bridgehead atoms. The second-order valence-corrected chi connectivity index (χ2v) is 4.68. The van der Waals surface area contributed by atoms with Gasteiger partial charge in [0.05, 0.1) is 15.2 Å². The molecular formula is C10H8ClIN2O2. The van der Waals surface area contributed by atoms with Crippen molar-refractivity contribution in [3.63, 3.8) is 0 Å². The number of carbonyl (C=O) groups excluding carboxylic acids is 1. The van der Waals surface area contributed by atoms with Crippen molar-refractivity contribution >= 4 is 45.8 Å². The van der Waals surface area contributed by atoms with Crippen LogP contribution in [0.4, 0.5) is 0 Å². The summed E-state index contributed by atoms with van der Waals surface area (Å²) in [4.78, 5) is 15.7. The Bertz CT molecular complexity index is 553. The molecule has 2 aromatic rings. The Kier molecular flexibility index (Phi) is 3.34. The van der Waals surface area contributed by atoms with E-state index in [0.29, 0.717) is 23.0 Å². The van der Waals surface area contributed by atoms with E-state index in [1.807, 2.05) is 0 Å². The Balaban J connectivity index is 2.51. The third-order valence-corrected chi connectivity index (χ3v) is 2.96. The standard InChI is InChI=1S/C10H8ClIN2O2/c1-2-16-10(15)8-5-14-4-6(11)3-7(12)9(14)13-8/h3-5H,2H2,1H3. The molecule has 0 fully saturated rings. The van der Waals surface area contributed by atoms with Gasteiger partial charge in [-0.05, 0) is 35.6 Å². The molecule has 0 atom stereocenters. The molecule has 84 valence electrons. The van der Waals surface area contributed by atoms with Gasteiger partial charge >= 0.3 is 5.97 Å². The first-order valence-corrected chi connectivity index (χ1v) is 6.08. The molecule has 4 nitrogen and oxygen atoms in total. The summed E-state index contributed by atoms with van der Waals surface area (Å²) in [7, 11) is 0. The van der Waals surface area contributed by atoms with Gasteiger partial charge in [-0.3, -0.25) is 0 Å². The van der Waals surface area contributed by atoms with Crippen molar-refractivity contribution in [2.24, 2.45) is 0 Å². The molecule has 0 spiro atoms. The molecule has 0 saturated carbocycles. The topological polar surface area (TPSA) is 43.6 Å². The molecular weight excluding hydrogens is 342 g/mol. The molecule has 0 aliphatic heterocycles. The summed E-state index contributed by atoms with van der Waals surface area (Å²) in [6, 6.07) is 1.79. The smallest absolute Gasteiger partial charge is 0.358 e. The molecule has 0 aromatic carbocycles. The molecule has 16 heavy (non-hydrogen) atoms. The van der Waals surface area contributed by atoms with Crippen LogP contribution in [0.25, 0.3) is 5.65 Å². The van der Waals surface area contributed by atoms with Crippen molar-refractivity contribution < 1.29 is 9.53 Å². The number of fused-ring (bicyclic) bond motifs is 1. The number of aromatic nitrogens is 2. The van der Waals surface area contributed by atoms with E-state index in [-0.39, 0.29) is 0 Å². The fourth-order valence-corrected chi connectivity index (χ4v) is 2.46. The lowest BCUT2D eigenvalue weighted by atomic mass is 10.5. The number of halogens is 2. The molecule has 2 rings (SSSR count). The maximum atomic E-state index is 11.5. The molecule has 0 N–H and O–H groups in total. The van der Waals surface area contributed by atoms with Crippen molar-refractivity contribution in [3.8, 4) is 0 Å². The maximum Gasteiger partial charge on any atom is 0.358 e. The first-order valence-electron chi connectivity index (χ1n) is 4.62. The van der Waals surface area contributed by atoms with Gasteiger partial charge in [0.2, 0.25) is 0 Å². The summed E-state index contributed by atoms with van der Waals surface area (Å²) in [5.41, 5.74) is 0.995. The number of nitrogens with zero attached hydrogens (tertiary/aromatic N) is 2. The lowest BCUT2D eigenvalue weighted by Gasteiger charge is -1.96. The third-order valence-electron chi connectivity index (χ3n) is 1.96. The first kappa shape index (κ1) is 11.7. The predicted molar refractivity (Wildman–Crippen MR) is 68.9 cm³/mol. The van der Waals surface area contributed by atoms with E-state index in [1.165, 1.54) is 0 Å². The molecule has 0 unspecified atom stereocenters. The van der Waals surface area contributed by atoms with E-state index < -0.39 is 5.97 Å². The predicted octanol–water partition coefficient (Wildman–Crippen LogP) is 2.77. The lowest BCUT2D eigenvalue weighted by molar-refractivity contribution is 0.0520. The van der Waals surface area contributed by atoms with Crippen LogP contribution in [-0.2, 0) is 4.74 Å². The highest BCUT2D eigenvalue weighted by atomic mass is 127. The van der Waals surface area contributed by atoms with Gasteiger partial charge in [-0.1, -0.05) is 11.6 Å². The van der Waals surface area contributed by atoms with Gasteiger partial charge < -0.3 is 9.14 Å². The number of hydrogen-bond donors (Lipinski definition) is 0. The van der Waals surface area contributed by atoms with Crippen LogP contribution < -0.4 is 0 Å².